The van der Waals surface area contributed by atoms with Gasteiger partial charge in [-0.05, 0) is 31.6 Å². The number of fused-ring (bicyclic) bond motifs is 5. The molecule has 0 aromatic heterocycles. The Labute approximate surface area is 102 Å². The molecule has 92 valence electrons. The molecule has 3 rings (SSSR count). The SMILES string of the molecule is C=CCCN1C(=O)[C@@H]2C3C=CC(C3)[C@@H]2C1(C)O. The van der Waals surface area contributed by atoms with Crippen LogP contribution in [0.2, 0.25) is 0 Å². The van der Waals surface area contributed by atoms with E-state index in [2.05, 4.69) is 18.7 Å². The zero-order chi connectivity index (χ0) is 12.2. The van der Waals surface area contributed by atoms with Gasteiger partial charge in [-0.3, -0.25) is 4.79 Å². The average molecular weight is 233 g/mol. The summed E-state index contributed by atoms with van der Waals surface area (Å²) in [5, 5.41) is 10.7. The Kier molecular flexibility index (Phi) is 2.24. The highest BCUT2D eigenvalue weighted by atomic mass is 16.3. The van der Waals surface area contributed by atoms with Gasteiger partial charge in [-0.2, -0.15) is 0 Å². The van der Waals surface area contributed by atoms with Crippen LogP contribution in [0.3, 0.4) is 0 Å². The van der Waals surface area contributed by atoms with Gasteiger partial charge in [-0.1, -0.05) is 18.2 Å². The van der Waals surface area contributed by atoms with Gasteiger partial charge >= 0.3 is 0 Å². The van der Waals surface area contributed by atoms with Crippen molar-refractivity contribution in [3.63, 3.8) is 0 Å². The predicted octanol–water partition coefficient (Wildman–Crippen LogP) is 1.55. The van der Waals surface area contributed by atoms with E-state index in [1.807, 2.05) is 0 Å². The Bertz CT molecular complexity index is 399. The second-order valence-electron chi connectivity index (χ2n) is 5.66. The summed E-state index contributed by atoms with van der Waals surface area (Å²) >= 11 is 0. The van der Waals surface area contributed by atoms with E-state index in [1.165, 1.54) is 0 Å². The maximum atomic E-state index is 12.4. The van der Waals surface area contributed by atoms with Crippen LogP contribution in [0.25, 0.3) is 0 Å². The molecule has 1 saturated heterocycles. The molecule has 1 heterocycles. The van der Waals surface area contributed by atoms with Gasteiger partial charge in [0.15, 0.2) is 0 Å². The Morgan fingerprint density at radius 1 is 1.59 bits per heavy atom. The molecule has 0 spiro atoms. The standard InChI is InChI=1S/C14H19NO2/c1-3-4-7-15-13(16)11-9-5-6-10(8-9)12(11)14(15,2)17/h3,5-6,9-12,17H,1,4,7-8H2,2H3/t9?,10?,11-,12+,14?/m1/s1. The summed E-state index contributed by atoms with van der Waals surface area (Å²) in [4.78, 5) is 14.1. The molecule has 0 radical (unpaired) electrons. The van der Waals surface area contributed by atoms with Crippen molar-refractivity contribution >= 4 is 5.91 Å². The summed E-state index contributed by atoms with van der Waals surface area (Å²) in [6.07, 6.45) is 7.93. The summed E-state index contributed by atoms with van der Waals surface area (Å²) in [5.41, 5.74) is -0.977. The number of aliphatic hydroxyl groups is 1. The van der Waals surface area contributed by atoms with Crippen LogP contribution < -0.4 is 0 Å². The molecule has 1 saturated carbocycles. The molecule has 1 amide bonds. The minimum atomic E-state index is -0.977. The molecule has 3 unspecified atom stereocenters. The minimum absolute atomic E-state index is 0.0183. The lowest BCUT2D eigenvalue weighted by Gasteiger charge is -2.35. The van der Waals surface area contributed by atoms with Crippen LogP contribution in [0.1, 0.15) is 19.8 Å². The Hall–Kier alpha value is -1.09. The van der Waals surface area contributed by atoms with Crippen LogP contribution in [0.15, 0.2) is 24.8 Å². The largest absolute Gasteiger partial charge is 0.371 e. The van der Waals surface area contributed by atoms with E-state index in [0.29, 0.717) is 18.4 Å². The van der Waals surface area contributed by atoms with Crippen molar-refractivity contribution in [2.45, 2.75) is 25.5 Å². The lowest BCUT2D eigenvalue weighted by atomic mass is 9.80. The van der Waals surface area contributed by atoms with Gasteiger partial charge in [-0.25, -0.2) is 0 Å². The van der Waals surface area contributed by atoms with Gasteiger partial charge in [0, 0.05) is 12.5 Å². The first-order valence-corrected chi connectivity index (χ1v) is 6.40. The molecule has 2 fully saturated rings. The third-order valence-corrected chi connectivity index (χ3v) is 4.75. The summed E-state index contributed by atoms with van der Waals surface area (Å²) in [7, 11) is 0. The topological polar surface area (TPSA) is 40.5 Å². The number of carbonyl (C=O) groups excluding carboxylic acids is 1. The van der Waals surface area contributed by atoms with Crippen LogP contribution in [0.5, 0.6) is 0 Å². The zero-order valence-corrected chi connectivity index (χ0v) is 10.2. The van der Waals surface area contributed by atoms with E-state index in [9.17, 15) is 9.90 Å². The molecular weight excluding hydrogens is 214 g/mol. The highest BCUT2D eigenvalue weighted by Gasteiger charge is 2.63. The summed E-state index contributed by atoms with van der Waals surface area (Å²) in [6, 6.07) is 0. The van der Waals surface area contributed by atoms with Crippen molar-refractivity contribution in [3.8, 4) is 0 Å². The Morgan fingerprint density at radius 3 is 2.94 bits per heavy atom. The van der Waals surface area contributed by atoms with Crippen LogP contribution in [-0.4, -0.2) is 28.2 Å². The molecule has 1 aliphatic heterocycles. The van der Waals surface area contributed by atoms with Crippen molar-refractivity contribution in [2.75, 3.05) is 6.54 Å². The van der Waals surface area contributed by atoms with E-state index in [4.69, 9.17) is 0 Å². The van der Waals surface area contributed by atoms with Gasteiger partial charge in [0.2, 0.25) is 5.91 Å². The molecule has 2 bridgehead atoms. The van der Waals surface area contributed by atoms with Crippen LogP contribution in [-0.2, 0) is 4.79 Å². The van der Waals surface area contributed by atoms with Gasteiger partial charge in [-0.15, -0.1) is 6.58 Å². The highest BCUT2D eigenvalue weighted by molar-refractivity contribution is 5.84. The molecule has 0 aromatic rings. The molecule has 3 nitrogen and oxygen atoms in total. The van der Waals surface area contributed by atoms with Crippen molar-refractivity contribution in [3.05, 3.63) is 24.8 Å². The molecule has 3 heteroatoms. The zero-order valence-electron chi connectivity index (χ0n) is 10.2. The minimum Gasteiger partial charge on any atom is -0.371 e. The molecule has 3 aliphatic rings. The maximum Gasteiger partial charge on any atom is 0.229 e. The predicted molar refractivity (Wildman–Crippen MR) is 64.9 cm³/mol. The van der Waals surface area contributed by atoms with Crippen LogP contribution >= 0.6 is 0 Å². The maximum absolute atomic E-state index is 12.4. The molecule has 2 aliphatic carbocycles. The van der Waals surface area contributed by atoms with E-state index in [0.717, 1.165) is 12.8 Å². The molecule has 17 heavy (non-hydrogen) atoms. The monoisotopic (exact) mass is 233 g/mol. The number of likely N-dealkylation sites (tertiary alicyclic amines) is 1. The van der Waals surface area contributed by atoms with E-state index in [-0.39, 0.29) is 17.7 Å². The first kappa shape index (κ1) is 11.0. The number of carbonyl (C=O) groups is 1. The Balaban J connectivity index is 1.91. The van der Waals surface area contributed by atoms with Gasteiger partial charge < -0.3 is 10.0 Å². The molecule has 0 aromatic carbocycles. The normalized spacial score (nSPS) is 46.7. The number of hydrogen-bond acceptors (Lipinski definition) is 2. The lowest BCUT2D eigenvalue weighted by molar-refractivity contribution is -0.148. The van der Waals surface area contributed by atoms with Crippen LogP contribution in [0.4, 0.5) is 0 Å². The highest BCUT2D eigenvalue weighted by Crippen LogP contribution is 2.57. The number of amides is 1. The van der Waals surface area contributed by atoms with Gasteiger partial charge in [0.1, 0.15) is 5.72 Å². The second-order valence-corrected chi connectivity index (χ2v) is 5.66. The van der Waals surface area contributed by atoms with Crippen molar-refractivity contribution < 1.29 is 9.90 Å². The summed E-state index contributed by atoms with van der Waals surface area (Å²) in [6.45, 7) is 6.06. The first-order valence-electron chi connectivity index (χ1n) is 6.40. The summed E-state index contributed by atoms with van der Waals surface area (Å²) < 4.78 is 0. The third-order valence-electron chi connectivity index (χ3n) is 4.75. The van der Waals surface area contributed by atoms with Gasteiger partial charge in [0.25, 0.3) is 0 Å². The molecular formula is C14H19NO2. The number of rotatable bonds is 3. The van der Waals surface area contributed by atoms with Crippen molar-refractivity contribution in [1.82, 2.24) is 4.90 Å². The van der Waals surface area contributed by atoms with Crippen molar-refractivity contribution in [1.29, 1.82) is 0 Å². The number of hydrogen-bond donors (Lipinski definition) is 1. The summed E-state index contributed by atoms with van der Waals surface area (Å²) in [5.74, 6) is 0.994. The van der Waals surface area contributed by atoms with Gasteiger partial charge in [0.05, 0.1) is 5.92 Å². The van der Waals surface area contributed by atoms with Crippen LogP contribution in [0, 0.1) is 23.7 Å². The van der Waals surface area contributed by atoms with E-state index in [1.54, 1.807) is 17.9 Å². The molecule has 1 N–H and O–H groups in total. The lowest BCUT2D eigenvalue weighted by Crippen LogP contribution is -2.48. The third kappa shape index (κ3) is 1.29. The average Bonchev–Trinajstić information content (AvgIpc) is 2.92. The first-order chi connectivity index (χ1) is 8.07. The fourth-order valence-electron chi connectivity index (χ4n) is 4.04. The smallest absolute Gasteiger partial charge is 0.229 e. The fraction of sp³-hybridized carbons (Fsp3) is 0.643. The number of allylic oxidation sites excluding steroid dienone is 2. The quantitative estimate of drug-likeness (QED) is 0.751. The Morgan fingerprint density at radius 2 is 2.29 bits per heavy atom. The fourth-order valence-corrected chi connectivity index (χ4v) is 4.04. The molecule has 5 atom stereocenters. The van der Waals surface area contributed by atoms with E-state index < -0.39 is 5.72 Å². The second kappa shape index (κ2) is 3.45. The number of nitrogens with zero attached hydrogens (tertiary/aromatic N) is 1. The van der Waals surface area contributed by atoms with E-state index >= 15 is 0 Å². The van der Waals surface area contributed by atoms with Crippen molar-refractivity contribution in [2.24, 2.45) is 23.7 Å².